The largest absolute Gasteiger partial charge is 0.376 e. The summed E-state index contributed by atoms with van der Waals surface area (Å²) in [4.78, 5) is 19.7. The van der Waals surface area contributed by atoms with E-state index in [1.807, 2.05) is 34.5 Å². The molecule has 1 aliphatic heterocycles. The molecule has 5 heteroatoms. The van der Waals surface area contributed by atoms with Crippen molar-refractivity contribution in [2.45, 2.75) is 31.9 Å². The van der Waals surface area contributed by atoms with Crippen LogP contribution in [0.5, 0.6) is 0 Å². The zero-order valence-electron chi connectivity index (χ0n) is 12.5. The number of nitrogens with zero attached hydrogens (tertiary/aromatic N) is 2. The molecule has 1 aliphatic rings. The number of aromatic nitrogens is 1. The Morgan fingerprint density at radius 3 is 2.91 bits per heavy atom. The number of hydrogen-bond donors (Lipinski definition) is 0. The summed E-state index contributed by atoms with van der Waals surface area (Å²) >= 11 is 1.63. The molecule has 0 unspecified atom stereocenters. The zero-order chi connectivity index (χ0) is 15.2. The maximum absolute atomic E-state index is 12.7. The molecule has 0 bridgehead atoms. The molecule has 2 aromatic heterocycles. The Hall–Kier alpha value is -1.72. The van der Waals surface area contributed by atoms with Gasteiger partial charge in [-0.1, -0.05) is 6.07 Å². The number of ether oxygens (including phenoxy) is 1. The van der Waals surface area contributed by atoms with Crippen LogP contribution in [0, 0.1) is 0 Å². The summed E-state index contributed by atoms with van der Waals surface area (Å²) in [7, 11) is 0. The lowest BCUT2D eigenvalue weighted by Crippen LogP contribution is -2.37. The maximum Gasteiger partial charge on any atom is 0.228 e. The standard InChI is InChI=1S/C17H20N2O2S/c20-17(11-16-4-2-10-22-16)19(13-15-3-1-9-21-15)12-14-5-7-18-8-6-14/h2,4-8,10,15H,1,3,9,11-13H2/t15-/m0/s1. The number of carbonyl (C=O) groups is 1. The second-order valence-corrected chi connectivity index (χ2v) is 6.55. The molecule has 0 spiro atoms. The Labute approximate surface area is 134 Å². The van der Waals surface area contributed by atoms with Crippen molar-refractivity contribution < 1.29 is 9.53 Å². The van der Waals surface area contributed by atoms with Crippen LogP contribution >= 0.6 is 11.3 Å². The van der Waals surface area contributed by atoms with Gasteiger partial charge in [-0.3, -0.25) is 9.78 Å². The van der Waals surface area contributed by atoms with E-state index >= 15 is 0 Å². The first-order valence-corrected chi connectivity index (χ1v) is 8.50. The van der Waals surface area contributed by atoms with Crippen molar-refractivity contribution in [3.63, 3.8) is 0 Å². The number of amides is 1. The van der Waals surface area contributed by atoms with Gasteiger partial charge in [0.15, 0.2) is 0 Å². The van der Waals surface area contributed by atoms with Gasteiger partial charge in [0, 0.05) is 37.0 Å². The van der Waals surface area contributed by atoms with E-state index in [2.05, 4.69) is 4.98 Å². The van der Waals surface area contributed by atoms with Crippen LogP contribution in [0.3, 0.4) is 0 Å². The van der Waals surface area contributed by atoms with Gasteiger partial charge in [0.25, 0.3) is 0 Å². The Kier molecular flexibility index (Phi) is 5.19. The van der Waals surface area contributed by atoms with E-state index < -0.39 is 0 Å². The van der Waals surface area contributed by atoms with E-state index in [0.29, 0.717) is 19.5 Å². The van der Waals surface area contributed by atoms with Gasteiger partial charge < -0.3 is 9.64 Å². The maximum atomic E-state index is 12.7. The first kappa shape index (κ1) is 15.2. The van der Waals surface area contributed by atoms with Crippen molar-refractivity contribution in [2.75, 3.05) is 13.2 Å². The first-order valence-electron chi connectivity index (χ1n) is 7.62. The SMILES string of the molecule is O=C(Cc1cccs1)N(Cc1ccncc1)C[C@@H]1CCCO1. The lowest BCUT2D eigenvalue weighted by Gasteiger charge is -2.25. The molecule has 1 atom stereocenters. The van der Waals surface area contributed by atoms with Crippen LogP contribution in [-0.2, 0) is 22.5 Å². The molecule has 0 radical (unpaired) electrons. The van der Waals surface area contributed by atoms with Crippen molar-refractivity contribution in [3.05, 3.63) is 52.5 Å². The molecule has 22 heavy (non-hydrogen) atoms. The van der Waals surface area contributed by atoms with Gasteiger partial charge in [0.1, 0.15) is 0 Å². The summed E-state index contributed by atoms with van der Waals surface area (Å²) in [5.74, 6) is 0.162. The summed E-state index contributed by atoms with van der Waals surface area (Å²) in [5, 5.41) is 2.01. The number of thiophene rings is 1. The fraction of sp³-hybridized carbons (Fsp3) is 0.412. The van der Waals surface area contributed by atoms with Crippen molar-refractivity contribution in [1.82, 2.24) is 9.88 Å². The molecule has 1 saturated heterocycles. The fourth-order valence-corrected chi connectivity index (χ4v) is 3.37. The predicted octanol–water partition coefficient (Wildman–Crippen LogP) is 2.89. The molecule has 116 valence electrons. The second-order valence-electron chi connectivity index (χ2n) is 5.52. The number of pyridine rings is 1. The molecule has 0 aliphatic carbocycles. The van der Waals surface area contributed by atoms with Gasteiger partial charge in [-0.05, 0) is 42.0 Å². The predicted molar refractivity (Wildman–Crippen MR) is 86.7 cm³/mol. The van der Waals surface area contributed by atoms with Gasteiger partial charge in [-0.15, -0.1) is 11.3 Å². The van der Waals surface area contributed by atoms with Crippen molar-refractivity contribution >= 4 is 17.2 Å². The van der Waals surface area contributed by atoms with Gasteiger partial charge >= 0.3 is 0 Å². The molecule has 4 nitrogen and oxygen atoms in total. The highest BCUT2D eigenvalue weighted by Crippen LogP contribution is 2.17. The summed E-state index contributed by atoms with van der Waals surface area (Å²) in [6.45, 7) is 2.10. The smallest absolute Gasteiger partial charge is 0.228 e. The van der Waals surface area contributed by atoms with Crippen LogP contribution < -0.4 is 0 Å². The van der Waals surface area contributed by atoms with Gasteiger partial charge in [0.2, 0.25) is 5.91 Å². The van der Waals surface area contributed by atoms with Gasteiger partial charge in [-0.2, -0.15) is 0 Å². The highest BCUT2D eigenvalue weighted by Gasteiger charge is 2.23. The van der Waals surface area contributed by atoms with E-state index in [9.17, 15) is 4.79 Å². The summed E-state index contributed by atoms with van der Waals surface area (Å²) < 4.78 is 5.70. The Balaban J connectivity index is 1.68. The highest BCUT2D eigenvalue weighted by atomic mass is 32.1. The summed E-state index contributed by atoms with van der Waals surface area (Å²) in [6, 6.07) is 7.92. The monoisotopic (exact) mass is 316 g/mol. The van der Waals surface area contributed by atoms with Gasteiger partial charge in [0.05, 0.1) is 12.5 Å². The number of carbonyl (C=O) groups excluding carboxylic acids is 1. The normalized spacial score (nSPS) is 17.5. The van der Waals surface area contributed by atoms with Crippen LogP contribution in [0.1, 0.15) is 23.3 Å². The third-order valence-corrected chi connectivity index (χ3v) is 4.71. The Morgan fingerprint density at radius 1 is 1.36 bits per heavy atom. The Morgan fingerprint density at radius 2 is 2.23 bits per heavy atom. The van der Waals surface area contributed by atoms with Crippen LogP contribution in [0.15, 0.2) is 42.0 Å². The molecule has 3 heterocycles. The Bertz CT molecular complexity index is 580. The van der Waals surface area contributed by atoms with E-state index in [-0.39, 0.29) is 12.0 Å². The van der Waals surface area contributed by atoms with E-state index in [1.165, 1.54) is 0 Å². The van der Waals surface area contributed by atoms with Crippen LogP contribution in [0.4, 0.5) is 0 Å². The highest BCUT2D eigenvalue weighted by molar-refractivity contribution is 7.10. The molecule has 0 aromatic carbocycles. The lowest BCUT2D eigenvalue weighted by molar-refractivity contribution is -0.132. The lowest BCUT2D eigenvalue weighted by atomic mass is 10.2. The van der Waals surface area contributed by atoms with Crippen molar-refractivity contribution in [2.24, 2.45) is 0 Å². The minimum atomic E-state index is 0.162. The molecule has 3 rings (SSSR count). The van der Waals surface area contributed by atoms with Crippen molar-refractivity contribution in [1.29, 1.82) is 0 Å². The quantitative estimate of drug-likeness (QED) is 0.823. The third-order valence-electron chi connectivity index (χ3n) is 3.83. The minimum absolute atomic E-state index is 0.162. The van der Waals surface area contributed by atoms with Crippen LogP contribution in [0.25, 0.3) is 0 Å². The summed E-state index contributed by atoms with van der Waals surface area (Å²) in [5.41, 5.74) is 1.10. The molecular formula is C17H20N2O2S. The van der Waals surface area contributed by atoms with Crippen LogP contribution in [-0.4, -0.2) is 35.0 Å². The average molecular weight is 316 g/mol. The first-order chi connectivity index (χ1) is 10.8. The minimum Gasteiger partial charge on any atom is -0.376 e. The van der Waals surface area contributed by atoms with Gasteiger partial charge in [-0.25, -0.2) is 0 Å². The molecule has 0 N–H and O–H groups in total. The molecule has 1 amide bonds. The number of hydrogen-bond acceptors (Lipinski definition) is 4. The fourth-order valence-electron chi connectivity index (χ4n) is 2.67. The third kappa shape index (κ3) is 4.15. The second kappa shape index (κ2) is 7.51. The molecule has 2 aromatic rings. The zero-order valence-corrected chi connectivity index (χ0v) is 13.3. The van der Waals surface area contributed by atoms with Crippen LogP contribution in [0.2, 0.25) is 0 Å². The van der Waals surface area contributed by atoms with E-state index in [0.717, 1.165) is 29.9 Å². The molecular weight excluding hydrogens is 296 g/mol. The van der Waals surface area contributed by atoms with E-state index in [4.69, 9.17) is 4.74 Å². The molecule has 0 saturated carbocycles. The number of rotatable bonds is 6. The summed E-state index contributed by atoms with van der Waals surface area (Å²) in [6.07, 6.45) is 6.31. The average Bonchev–Trinajstić information content (AvgIpc) is 3.21. The van der Waals surface area contributed by atoms with E-state index in [1.54, 1.807) is 23.7 Å². The molecule has 1 fully saturated rings. The van der Waals surface area contributed by atoms with Crippen molar-refractivity contribution in [3.8, 4) is 0 Å². The topological polar surface area (TPSA) is 42.4 Å².